The zero-order valence-electron chi connectivity index (χ0n) is 31.8. The summed E-state index contributed by atoms with van der Waals surface area (Å²) < 4.78 is 87.5. The predicted molar refractivity (Wildman–Crippen MR) is 202 cm³/mol. The summed E-state index contributed by atoms with van der Waals surface area (Å²) in [4.78, 5) is 50.4. The maximum absolute atomic E-state index is 14.2. The lowest BCUT2D eigenvalue weighted by Crippen LogP contribution is -2.57. The Kier molecular flexibility index (Phi) is 16.9. The molecule has 1 aliphatic rings. The zero-order chi connectivity index (χ0) is 42.6. The fourth-order valence-corrected chi connectivity index (χ4v) is 8.46. The Hall–Kier alpha value is -4.68. The Labute approximate surface area is 327 Å². The summed E-state index contributed by atoms with van der Waals surface area (Å²) in [7, 11) is -3.93. The van der Waals surface area contributed by atoms with Crippen molar-refractivity contribution in [1.29, 1.82) is 0 Å². The first-order valence-electron chi connectivity index (χ1n) is 18.5. The van der Waals surface area contributed by atoms with Crippen molar-refractivity contribution in [2.24, 2.45) is 0 Å². The number of pyridine rings is 1. The fraction of sp³-hybridized carbons (Fsp3) is 0.487. The Bertz CT molecular complexity index is 1980. The zero-order valence-corrected chi connectivity index (χ0v) is 32.6. The summed E-state index contributed by atoms with van der Waals surface area (Å²) >= 11 is 0. The molecule has 57 heavy (non-hydrogen) atoms. The molecule has 1 heterocycles. The molecule has 1 aliphatic carbocycles. The minimum Gasteiger partial charge on any atom is -0.475 e. The van der Waals surface area contributed by atoms with E-state index in [1.165, 1.54) is 12.3 Å². The van der Waals surface area contributed by atoms with Crippen LogP contribution in [0.4, 0.5) is 22.0 Å². The number of carbonyl (C=O) groups is 3. The van der Waals surface area contributed by atoms with E-state index in [1.807, 2.05) is 32.0 Å². The molecule has 0 spiro atoms. The number of aromatic amines is 1. The topological polar surface area (TPSA) is 195 Å². The molecule has 0 saturated heterocycles. The van der Waals surface area contributed by atoms with Crippen molar-refractivity contribution in [3.05, 3.63) is 105 Å². The number of carboxylic acids is 1. The summed E-state index contributed by atoms with van der Waals surface area (Å²) in [6.45, 7) is 5.78. The molecule has 2 amide bonds. The molecule has 3 atom stereocenters. The van der Waals surface area contributed by atoms with E-state index in [0.717, 1.165) is 48.6 Å². The molecule has 6 N–H and O–H groups in total. The number of halogens is 5. The third kappa shape index (κ3) is 14.3. The molecule has 12 nitrogen and oxygen atoms in total. The van der Waals surface area contributed by atoms with Gasteiger partial charge in [-0.05, 0) is 73.4 Å². The molecule has 0 radical (unpaired) electrons. The van der Waals surface area contributed by atoms with Gasteiger partial charge in [-0.2, -0.15) is 13.2 Å². The van der Waals surface area contributed by atoms with Crippen molar-refractivity contribution >= 4 is 27.6 Å². The number of carbonyl (C=O) groups excluding carboxylic acids is 2. The average Bonchev–Trinajstić information content (AvgIpc) is 3.94. The van der Waals surface area contributed by atoms with E-state index >= 15 is 0 Å². The number of hydrogen-bond donors (Lipinski definition) is 6. The Morgan fingerprint density at radius 3 is 2.05 bits per heavy atom. The van der Waals surface area contributed by atoms with Crippen LogP contribution in [0.3, 0.4) is 0 Å². The highest BCUT2D eigenvalue weighted by Crippen LogP contribution is 2.45. The number of amides is 2. The first-order chi connectivity index (χ1) is 26.7. The first kappa shape index (κ1) is 46.7. The highest BCUT2D eigenvalue weighted by Gasteiger charge is 2.45. The number of benzene rings is 2. The largest absolute Gasteiger partial charge is 0.490 e. The van der Waals surface area contributed by atoms with Crippen LogP contribution < -0.4 is 21.5 Å². The number of H-pyrrole nitrogens is 1. The van der Waals surface area contributed by atoms with Crippen LogP contribution in [0.5, 0.6) is 0 Å². The van der Waals surface area contributed by atoms with Crippen molar-refractivity contribution < 1.29 is 55.0 Å². The van der Waals surface area contributed by atoms with Crippen molar-refractivity contribution in [2.75, 3.05) is 12.3 Å². The lowest BCUT2D eigenvalue weighted by Gasteiger charge is -2.29. The van der Waals surface area contributed by atoms with Gasteiger partial charge in [0.25, 0.3) is 5.91 Å². The van der Waals surface area contributed by atoms with Gasteiger partial charge in [-0.3, -0.25) is 14.4 Å². The molecule has 0 aliphatic heterocycles. The first-order valence-corrected chi connectivity index (χ1v) is 20.2. The number of aliphatic carboxylic acids is 1. The van der Waals surface area contributed by atoms with Crippen LogP contribution in [0.2, 0.25) is 0 Å². The van der Waals surface area contributed by atoms with E-state index in [4.69, 9.17) is 9.90 Å². The van der Waals surface area contributed by atoms with Crippen LogP contribution in [0, 0.1) is 11.6 Å². The number of sulfone groups is 1. The SMILES string of the molecule is CCCC(CCC)S(=O)(=O)C[C@@H](NC(=O)c1cc[nH]c(=O)c1)C(=O)N[C@@H](Cc1cc(F)cc(F)c1)[C@H](O)CNC1(c2cccc(CC)c2)CC1.O=C(O)C(F)(F)F. The quantitative estimate of drug-likeness (QED) is 0.0930. The molecule has 18 heteroatoms. The second kappa shape index (κ2) is 20.7. The van der Waals surface area contributed by atoms with E-state index in [-0.39, 0.29) is 29.6 Å². The number of rotatable bonds is 19. The van der Waals surface area contributed by atoms with Crippen LogP contribution >= 0.6 is 0 Å². The minimum atomic E-state index is -5.08. The number of aliphatic hydroxyl groups excluding tert-OH is 1. The molecule has 4 rings (SSSR count). The van der Waals surface area contributed by atoms with E-state index in [9.17, 15) is 49.9 Å². The maximum atomic E-state index is 14.2. The van der Waals surface area contributed by atoms with Gasteiger partial charge in [0.05, 0.1) is 23.1 Å². The Balaban J connectivity index is 0.00000113. The van der Waals surface area contributed by atoms with Crippen molar-refractivity contribution in [1.82, 2.24) is 20.9 Å². The number of aliphatic hydroxyl groups is 1. The molecule has 0 unspecified atom stereocenters. The van der Waals surface area contributed by atoms with E-state index in [1.54, 1.807) is 0 Å². The van der Waals surface area contributed by atoms with Crippen molar-refractivity contribution in [2.45, 2.75) is 107 Å². The lowest BCUT2D eigenvalue weighted by atomic mass is 9.98. The normalized spacial score (nSPS) is 15.1. The number of carboxylic acid groups (broad SMARTS) is 1. The number of aromatic nitrogens is 1. The summed E-state index contributed by atoms with van der Waals surface area (Å²) in [5, 5.41) is 26.5. The molecule has 1 fully saturated rings. The van der Waals surface area contributed by atoms with Gasteiger partial charge in [0.1, 0.15) is 17.7 Å². The second-order valence-corrected chi connectivity index (χ2v) is 16.3. The van der Waals surface area contributed by atoms with E-state index in [2.05, 4.69) is 33.9 Å². The average molecular weight is 829 g/mol. The van der Waals surface area contributed by atoms with Crippen LogP contribution in [-0.4, -0.2) is 83.3 Å². The van der Waals surface area contributed by atoms with Gasteiger partial charge in [0, 0.05) is 36.0 Å². The summed E-state index contributed by atoms with van der Waals surface area (Å²) in [6, 6.07) is 10.6. The van der Waals surface area contributed by atoms with Gasteiger partial charge < -0.3 is 31.1 Å². The monoisotopic (exact) mass is 828 g/mol. The van der Waals surface area contributed by atoms with Crippen LogP contribution in [0.15, 0.2) is 65.6 Å². The predicted octanol–water partition coefficient (Wildman–Crippen LogP) is 4.70. The van der Waals surface area contributed by atoms with Gasteiger partial charge in [-0.15, -0.1) is 0 Å². The van der Waals surface area contributed by atoms with Crippen molar-refractivity contribution in [3.8, 4) is 0 Å². The number of nitrogens with one attached hydrogen (secondary N) is 4. The van der Waals surface area contributed by atoms with Gasteiger partial charge in [0.15, 0.2) is 9.84 Å². The molecule has 3 aromatic rings. The van der Waals surface area contributed by atoms with Gasteiger partial charge in [-0.1, -0.05) is 57.9 Å². The number of alkyl halides is 3. The molecule has 2 aromatic carbocycles. The van der Waals surface area contributed by atoms with Gasteiger partial charge >= 0.3 is 12.1 Å². The standard InChI is InChI=1S/C37H48F2N4O6S.C2HF3O2/c1-4-8-30(9-5-2)50(48,49)23-32(43-35(46)26-12-15-40-34(45)20-26)36(47)42-31(19-25-17-28(38)21-29(39)18-25)33(44)22-41-37(13-14-37)27-11-7-10-24(6-3)16-27;3-2(4,5)1(6)7/h7,10-12,15-18,20-21,30-33,41,44H,4-6,8-9,13-14,19,22-23H2,1-3H3,(H,40,45)(H,42,47)(H,43,46);(H,6,7)/t31-,32+,33+;/m0./s1. The Morgan fingerprint density at radius 2 is 1.53 bits per heavy atom. The maximum Gasteiger partial charge on any atom is 0.490 e. The van der Waals surface area contributed by atoms with Crippen LogP contribution in [-0.2, 0) is 37.8 Å². The molecule has 1 saturated carbocycles. The van der Waals surface area contributed by atoms with E-state index in [0.29, 0.717) is 31.7 Å². The highest BCUT2D eigenvalue weighted by molar-refractivity contribution is 7.92. The van der Waals surface area contributed by atoms with Gasteiger partial charge in [0.2, 0.25) is 11.5 Å². The second-order valence-electron chi connectivity index (χ2n) is 14.0. The lowest BCUT2D eigenvalue weighted by molar-refractivity contribution is -0.192. The van der Waals surface area contributed by atoms with Gasteiger partial charge in [-0.25, -0.2) is 22.0 Å². The van der Waals surface area contributed by atoms with Crippen molar-refractivity contribution in [3.63, 3.8) is 0 Å². The Morgan fingerprint density at radius 1 is 0.912 bits per heavy atom. The van der Waals surface area contributed by atoms with Crippen LogP contribution in [0.25, 0.3) is 0 Å². The summed E-state index contributed by atoms with van der Waals surface area (Å²) in [5.74, 6) is -6.91. The molecule has 1 aromatic heterocycles. The van der Waals surface area contributed by atoms with Crippen LogP contribution in [0.1, 0.15) is 86.3 Å². The number of aryl methyl sites for hydroxylation is 1. The third-order valence-corrected chi connectivity index (χ3v) is 11.8. The smallest absolute Gasteiger partial charge is 0.475 e. The molecule has 0 bridgehead atoms. The molecular weight excluding hydrogens is 780 g/mol. The number of hydrogen-bond acceptors (Lipinski definition) is 8. The third-order valence-electron chi connectivity index (χ3n) is 9.49. The molecule has 314 valence electrons. The molecular formula is C39H49F5N4O8S. The van der Waals surface area contributed by atoms with E-state index < -0.39 is 80.2 Å². The summed E-state index contributed by atoms with van der Waals surface area (Å²) in [5.41, 5.74) is 1.37. The fourth-order valence-electron chi connectivity index (χ4n) is 6.30. The highest BCUT2D eigenvalue weighted by atomic mass is 32.2. The minimum absolute atomic E-state index is 0.00368. The summed E-state index contributed by atoms with van der Waals surface area (Å²) in [6.07, 6.45) is -0.885.